The van der Waals surface area contributed by atoms with Crippen molar-refractivity contribution in [1.29, 1.82) is 0 Å². The average molecular weight is 429 g/mol. The zero-order chi connectivity index (χ0) is 18.1. The maximum atomic E-state index is 12.9. The lowest BCUT2D eigenvalue weighted by molar-refractivity contribution is -0.135. The van der Waals surface area contributed by atoms with Gasteiger partial charge in [-0.3, -0.25) is 9.10 Å². The summed E-state index contributed by atoms with van der Waals surface area (Å²) in [7, 11) is -4.33. The van der Waals surface area contributed by atoms with Crippen LogP contribution in [0, 0.1) is 0 Å². The van der Waals surface area contributed by atoms with E-state index >= 15 is 0 Å². The second-order valence-corrected chi connectivity index (χ2v) is 8.09. The molecule has 0 aliphatic rings. The van der Waals surface area contributed by atoms with Crippen molar-refractivity contribution in [2.45, 2.75) is 4.90 Å². The van der Waals surface area contributed by atoms with Gasteiger partial charge in [-0.25, -0.2) is 8.42 Å². The number of nitrogens with zero attached hydrogens (tertiary/aromatic N) is 1. The highest BCUT2D eigenvalue weighted by molar-refractivity contribution is 7.93. The average Bonchev–Trinajstić information content (AvgIpc) is 2.47. The number of sulfonamides is 1. The lowest BCUT2D eigenvalue weighted by atomic mass is 10.3. The number of hydrogen-bond donors (Lipinski definition) is 1. The third kappa shape index (κ3) is 4.07. The van der Waals surface area contributed by atoms with E-state index in [0.29, 0.717) is 4.31 Å². The van der Waals surface area contributed by atoms with Crippen molar-refractivity contribution in [3.63, 3.8) is 0 Å². The van der Waals surface area contributed by atoms with Crippen molar-refractivity contribution in [3.8, 4) is 0 Å². The minimum Gasteiger partial charge on any atom is -0.480 e. The number of halogens is 4. The first-order valence-corrected chi connectivity index (χ1v) is 9.23. The van der Waals surface area contributed by atoms with Gasteiger partial charge in [0.25, 0.3) is 10.0 Å². The highest BCUT2D eigenvalue weighted by Gasteiger charge is 2.30. The number of carboxylic acids is 1. The Labute approximate surface area is 158 Å². The van der Waals surface area contributed by atoms with Crippen molar-refractivity contribution >= 4 is 68.1 Å². The Kier molecular flexibility index (Phi) is 5.88. The van der Waals surface area contributed by atoms with E-state index in [1.807, 2.05) is 0 Å². The van der Waals surface area contributed by atoms with Crippen molar-refractivity contribution in [1.82, 2.24) is 0 Å². The number of carboxylic acid groups (broad SMARTS) is 1. The Morgan fingerprint density at radius 1 is 0.958 bits per heavy atom. The fourth-order valence-electron chi connectivity index (χ4n) is 1.90. The second kappa shape index (κ2) is 7.37. The minimum absolute atomic E-state index is 0.0227. The number of rotatable bonds is 5. The Hall–Kier alpha value is -1.18. The molecule has 0 aliphatic heterocycles. The van der Waals surface area contributed by atoms with E-state index in [-0.39, 0.29) is 30.7 Å². The molecule has 0 atom stereocenters. The predicted octanol–water partition coefficient (Wildman–Crippen LogP) is 4.58. The maximum Gasteiger partial charge on any atom is 0.324 e. The van der Waals surface area contributed by atoms with Gasteiger partial charge in [-0.2, -0.15) is 0 Å². The summed E-state index contributed by atoms with van der Waals surface area (Å²) < 4.78 is 26.4. The first-order chi connectivity index (χ1) is 11.1. The molecule has 128 valence electrons. The second-order valence-electron chi connectivity index (χ2n) is 4.58. The summed E-state index contributed by atoms with van der Waals surface area (Å²) >= 11 is 23.6. The van der Waals surface area contributed by atoms with Gasteiger partial charge in [0.05, 0.1) is 15.7 Å². The van der Waals surface area contributed by atoms with Crippen molar-refractivity contribution in [2.24, 2.45) is 0 Å². The number of anilines is 1. The van der Waals surface area contributed by atoms with E-state index in [1.165, 1.54) is 30.3 Å². The van der Waals surface area contributed by atoms with Crippen molar-refractivity contribution in [2.75, 3.05) is 10.8 Å². The molecule has 24 heavy (non-hydrogen) atoms. The molecule has 10 heteroatoms. The van der Waals surface area contributed by atoms with E-state index < -0.39 is 22.5 Å². The summed E-state index contributed by atoms with van der Waals surface area (Å²) in [5.41, 5.74) is -0.0421. The summed E-state index contributed by atoms with van der Waals surface area (Å²) in [4.78, 5) is 10.8. The molecule has 0 aromatic heterocycles. The normalized spacial score (nSPS) is 11.3. The van der Waals surface area contributed by atoms with E-state index in [4.69, 9.17) is 51.5 Å². The summed E-state index contributed by atoms with van der Waals surface area (Å²) in [5.74, 6) is -1.37. The largest absolute Gasteiger partial charge is 0.480 e. The molecule has 0 unspecified atom stereocenters. The first kappa shape index (κ1) is 19.1. The summed E-state index contributed by atoms with van der Waals surface area (Å²) in [6.07, 6.45) is 0. The monoisotopic (exact) mass is 427 g/mol. The minimum atomic E-state index is -4.33. The van der Waals surface area contributed by atoms with Gasteiger partial charge in [0.1, 0.15) is 11.4 Å². The van der Waals surface area contributed by atoms with E-state index in [2.05, 4.69) is 0 Å². The zero-order valence-electron chi connectivity index (χ0n) is 11.7. The molecule has 0 bridgehead atoms. The van der Waals surface area contributed by atoms with Gasteiger partial charge in [-0.05, 0) is 36.4 Å². The predicted molar refractivity (Wildman–Crippen MR) is 95.1 cm³/mol. The van der Waals surface area contributed by atoms with Gasteiger partial charge in [0, 0.05) is 10.0 Å². The van der Waals surface area contributed by atoms with E-state index in [1.54, 1.807) is 0 Å². The first-order valence-electron chi connectivity index (χ1n) is 6.27. The number of aliphatic carboxylic acids is 1. The molecule has 0 saturated carbocycles. The Balaban J connectivity index is 2.66. The molecule has 0 spiro atoms. The molecule has 5 nitrogen and oxygen atoms in total. The molecule has 0 heterocycles. The Morgan fingerprint density at radius 2 is 1.54 bits per heavy atom. The standard InChI is InChI=1S/C14H9Cl4NO4S/c15-8-2-4-12(11(18)5-8)19(7-14(20)21)24(22,23)13-6-9(16)1-3-10(13)17/h1-6H,7H2,(H,20,21). The van der Waals surface area contributed by atoms with Crippen LogP contribution < -0.4 is 4.31 Å². The lowest BCUT2D eigenvalue weighted by Gasteiger charge is -2.24. The SMILES string of the molecule is O=C(O)CN(c1ccc(Cl)cc1Cl)S(=O)(=O)c1cc(Cl)ccc1Cl. The van der Waals surface area contributed by atoms with Crippen LogP contribution in [0.15, 0.2) is 41.3 Å². The van der Waals surface area contributed by atoms with Crippen LogP contribution in [-0.2, 0) is 14.8 Å². The molecular formula is C14H9Cl4NO4S. The van der Waals surface area contributed by atoms with Gasteiger partial charge in [-0.1, -0.05) is 46.4 Å². The Bertz CT molecular complexity index is 902. The topological polar surface area (TPSA) is 74.7 Å². The van der Waals surface area contributed by atoms with Crippen LogP contribution in [0.2, 0.25) is 20.1 Å². The summed E-state index contributed by atoms with van der Waals surface area (Å²) in [6, 6.07) is 7.87. The molecule has 2 aromatic rings. The van der Waals surface area contributed by atoms with Gasteiger partial charge < -0.3 is 5.11 Å². The van der Waals surface area contributed by atoms with Gasteiger partial charge in [0.2, 0.25) is 0 Å². The molecule has 2 rings (SSSR count). The smallest absolute Gasteiger partial charge is 0.324 e. The third-order valence-corrected chi connectivity index (χ3v) is 5.93. The number of hydrogen-bond acceptors (Lipinski definition) is 3. The summed E-state index contributed by atoms with van der Waals surface area (Å²) in [5, 5.41) is 9.38. The number of carbonyl (C=O) groups is 1. The van der Waals surface area contributed by atoms with E-state index in [0.717, 1.165) is 6.07 Å². The van der Waals surface area contributed by atoms with Crippen LogP contribution in [0.25, 0.3) is 0 Å². The number of benzene rings is 2. The summed E-state index contributed by atoms with van der Waals surface area (Å²) in [6.45, 7) is -0.855. The maximum absolute atomic E-state index is 12.9. The van der Waals surface area contributed by atoms with Gasteiger partial charge in [-0.15, -0.1) is 0 Å². The molecule has 0 amide bonds. The van der Waals surface area contributed by atoms with Crippen LogP contribution in [0.1, 0.15) is 0 Å². The fourth-order valence-corrected chi connectivity index (χ4v) is 4.63. The van der Waals surface area contributed by atoms with Gasteiger partial charge >= 0.3 is 5.97 Å². The molecule has 1 N–H and O–H groups in total. The molecule has 0 radical (unpaired) electrons. The Morgan fingerprint density at radius 3 is 2.12 bits per heavy atom. The molecular weight excluding hydrogens is 420 g/mol. The van der Waals surface area contributed by atoms with Gasteiger partial charge in [0.15, 0.2) is 0 Å². The van der Waals surface area contributed by atoms with Crippen LogP contribution in [-0.4, -0.2) is 26.0 Å². The molecule has 0 aliphatic carbocycles. The third-order valence-electron chi connectivity index (χ3n) is 2.92. The van der Waals surface area contributed by atoms with Crippen LogP contribution in [0.4, 0.5) is 5.69 Å². The van der Waals surface area contributed by atoms with Crippen molar-refractivity contribution in [3.05, 3.63) is 56.5 Å². The van der Waals surface area contributed by atoms with E-state index in [9.17, 15) is 13.2 Å². The van der Waals surface area contributed by atoms with Crippen LogP contribution >= 0.6 is 46.4 Å². The zero-order valence-corrected chi connectivity index (χ0v) is 15.6. The fraction of sp³-hybridized carbons (Fsp3) is 0.0714. The van der Waals surface area contributed by atoms with Crippen molar-refractivity contribution < 1.29 is 18.3 Å². The van der Waals surface area contributed by atoms with Crippen LogP contribution in [0.3, 0.4) is 0 Å². The van der Waals surface area contributed by atoms with Crippen LogP contribution in [0.5, 0.6) is 0 Å². The lowest BCUT2D eigenvalue weighted by Crippen LogP contribution is -2.36. The highest BCUT2D eigenvalue weighted by Crippen LogP contribution is 2.35. The molecule has 2 aromatic carbocycles. The quantitative estimate of drug-likeness (QED) is 0.756. The molecule has 0 saturated heterocycles. The molecule has 0 fully saturated rings. The highest BCUT2D eigenvalue weighted by atomic mass is 35.5.